The van der Waals surface area contributed by atoms with E-state index in [4.69, 9.17) is 22.2 Å². The van der Waals surface area contributed by atoms with Crippen LogP contribution in [0.1, 0.15) is 64.5 Å². The number of nitro groups is 1. The maximum Gasteiger partial charge on any atom is 0.312 e. The molecular weight excluding hydrogens is 556 g/mol. The number of urea groups is 1. The number of benzene rings is 2. The number of aromatic nitrogens is 2. The van der Waals surface area contributed by atoms with Crippen molar-refractivity contribution in [1.29, 1.82) is 0 Å². The minimum absolute atomic E-state index is 0.0695. The van der Waals surface area contributed by atoms with Crippen molar-refractivity contribution < 1.29 is 19.4 Å². The van der Waals surface area contributed by atoms with E-state index in [2.05, 4.69) is 10.3 Å². The monoisotopic (exact) mass is 592 g/mol. The fourth-order valence-corrected chi connectivity index (χ4v) is 5.01. The summed E-state index contributed by atoms with van der Waals surface area (Å²) >= 11 is 0. The summed E-state index contributed by atoms with van der Waals surface area (Å²) in [7, 11) is 1.94. The van der Waals surface area contributed by atoms with Gasteiger partial charge in [-0.15, -0.1) is 0 Å². The van der Waals surface area contributed by atoms with Crippen LogP contribution in [0.5, 0.6) is 0 Å². The topological polar surface area (TPSA) is 230 Å². The molecule has 15 heteroatoms. The van der Waals surface area contributed by atoms with E-state index >= 15 is 0 Å². The van der Waals surface area contributed by atoms with Gasteiger partial charge in [0.15, 0.2) is 5.03 Å². The molecule has 3 aromatic rings. The van der Waals surface area contributed by atoms with Gasteiger partial charge in [-0.05, 0) is 61.4 Å². The number of fused-ring (bicyclic) bond motifs is 1. The van der Waals surface area contributed by atoms with E-state index in [1.807, 2.05) is 18.5 Å². The quantitative estimate of drug-likeness (QED) is 0.0637. The van der Waals surface area contributed by atoms with E-state index in [-0.39, 0.29) is 44.3 Å². The minimum atomic E-state index is -1.01. The van der Waals surface area contributed by atoms with E-state index < -0.39 is 23.0 Å². The lowest BCUT2D eigenvalue weighted by atomic mass is 10.0. The molecule has 0 unspecified atom stereocenters. The number of amides is 4. The van der Waals surface area contributed by atoms with Gasteiger partial charge in [0.25, 0.3) is 11.9 Å². The average Bonchev–Trinajstić information content (AvgIpc) is 3.73. The highest BCUT2D eigenvalue weighted by molar-refractivity contribution is 6.00. The largest absolute Gasteiger partial charge is 0.368 e. The van der Waals surface area contributed by atoms with Crippen LogP contribution in [-0.2, 0) is 24.9 Å². The lowest BCUT2D eigenvalue weighted by Gasteiger charge is -2.30. The first-order valence-electron chi connectivity index (χ1n) is 13.8. The summed E-state index contributed by atoms with van der Waals surface area (Å²) in [6.07, 6.45) is 2.60. The number of carbonyl (C=O) groups is 3. The summed E-state index contributed by atoms with van der Waals surface area (Å²) in [4.78, 5) is 58.7. The van der Waals surface area contributed by atoms with Crippen molar-refractivity contribution >= 4 is 34.8 Å². The third-order valence-electron chi connectivity index (χ3n) is 7.33. The van der Waals surface area contributed by atoms with Gasteiger partial charge >= 0.3 is 6.03 Å². The van der Waals surface area contributed by atoms with E-state index in [1.54, 1.807) is 41.8 Å². The van der Waals surface area contributed by atoms with Crippen LogP contribution >= 0.6 is 0 Å². The van der Waals surface area contributed by atoms with Crippen LogP contribution in [0.25, 0.3) is 11.0 Å². The summed E-state index contributed by atoms with van der Waals surface area (Å²) in [5.74, 6) is -0.0483. The van der Waals surface area contributed by atoms with Gasteiger partial charge in [0, 0.05) is 38.2 Å². The fraction of sp³-hybridized carbons (Fsp3) is 0.393. The van der Waals surface area contributed by atoms with E-state index in [9.17, 15) is 24.5 Å². The standard InChI is InChI=1S/C28H36N10O5/c1-16-12-20(13-22-23(16)34-25(36(22)2)19-9-10-19)26(40)37(15-18-7-5-17(6-8-18)14-33-28(31)41)21(24(29)39)4-3-11-32-27(30)35-38(42)43/h5-8,12-13,19,21H,3-4,9-11,14-15H2,1-2H3,(H2,29,39)(H3,30,32,35)(H3,31,33,41)/t21-/m1/s1. The second kappa shape index (κ2) is 13.2. The molecule has 0 saturated heterocycles. The Morgan fingerprint density at radius 1 is 1.16 bits per heavy atom. The zero-order chi connectivity index (χ0) is 31.3. The Labute approximate surface area is 247 Å². The number of hydrogen-bond donors (Lipinski definition) is 5. The van der Waals surface area contributed by atoms with Crippen molar-refractivity contribution in [3.8, 4) is 0 Å². The minimum Gasteiger partial charge on any atom is -0.368 e. The second-order valence-electron chi connectivity index (χ2n) is 10.6. The van der Waals surface area contributed by atoms with Crippen molar-refractivity contribution in [2.75, 3.05) is 6.54 Å². The van der Waals surface area contributed by atoms with Gasteiger partial charge in [-0.2, -0.15) is 0 Å². The summed E-state index contributed by atoms with van der Waals surface area (Å²) in [5, 5.41) is 12.3. The third kappa shape index (κ3) is 7.75. The molecular formula is C28H36N10O5. The lowest BCUT2D eigenvalue weighted by molar-refractivity contribution is -0.525. The Balaban J connectivity index is 1.63. The van der Waals surface area contributed by atoms with Crippen LogP contribution in [0.15, 0.2) is 41.4 Å². The normalized spacial score (nSPS) is 13.9. The predicted octanol–water partition coefficient (Wildman–Crippen LogP) is 1.30. The maximum atomic E-state index is 14.2. The SMILES string of the molecule is Cc1cc(C(=O)N(Cc2ccc(CNC(N)=O)cc2)[C@H](CCCN=C(N)N[N+](=O)[O-])C(N)=O)cc2c1nc(C1CC1)n2C. The van der Waals surface area contributed by atoms with Gasteiger partial charge < -0.3 is 32.0 Å². The van der Waals surface area contributed by atoms with Gasteiger partial charge in [-0.3, -0.25) is 9.59 Å². The average molecular weight is 593 g/mol. The van der Waals surface area contributed by atoms with Crippen LogP contribution in [0.3, 0.4) is 0 Å². The first-order chi connectivity index (χ1) is 20.4. The van der Waals surface area contributed by atoms with Crippen LogP contribution < -0.4 is 27.9 Å². The Kier molecular flexibility index (Phi) is 9.42. The molecule has 2 aromatic carbocycles. The molecule has 0 bridgehead atoms. The Hall–Kier alpha value is -5.21. The molecule has 1 aliphatic rings. The number of primary amides is 2. The number of aryl methyl sites for hydroxylation is 2. The first kappa shape index (κ1) is 30.7. The molecule has 4 amide bonds. The number of nitrogens with zero attached hydrogens (tertiary/aromatic N) is 5. The zero-order valence-electron chi connectivity index (χ0n) is 24.1. The molecule has 1 saturated carbocycles. The molecule has 43 heavy (non-hydrogen) atoms. The molecule has 228 valence electrons. The second-order valence-corrected chi connectivity index (χ2v) is 10.6. The van der Waals surface area contributed by atoms with E-state index in [1.165, 1.54) is 4.90 Å². The Morgan fingerprint density at radius 3 is 2.44 bits per heavy atom. The van der Waals surface area contributed by atoms with Crippen molar-refractivity contribution in [2.45, 2.75) is 57.7 Å². The number of hydrogen-bond acceptors (Lipinski definition) is 7. The van der Waals surface area contributed by atoms with Crippen LogP contribution in [-0.4, -0.2) is 55.9 Å². The number of carbonyl (C=O) groups excluding carboxylic acids is 3. The van der Waals surface area contributed by atoms with E-state index in [0.29, 0.717) is 11.5 Å². The summed E-state index contributed by atoms with van der Waals surface area (Å²) < 4.78 is 2.02. The summed E-state index contributed by atoms with van der Waals surface area (Å²) in [5.41, 5.74) is 22.7. The molecule has 0 radical (unpaired) electrons. The highest BCUT2D eigenvalue weighted by atomic mass is 16.7. The molecule has 1 aliphatic carbocycles. The Morgan fingerprint density at radius 2 is 1.84 bits per heavy atom. The molecule has 1 fully saturated rings. The van der Waals surface area contributed by atoms with Crippen LogP contribution in [0.2, 0.25) is 0 Å². The van der Waals surface area contributed by atoms with Crippen LogP contribution in [0.4, 0.5) is 4.79 Å². The first-order valence-corrected chi connectivity index (χ1v) is 13.8. The van der Waals surface area contributed by atoms with Crippen molar-refractivity contribution in [3.63, 3.8) is 0 Å². The zero-order valence-corrected chi connectivity index (χ0v) is 24.1. The number of hydrazine groups is 1. The number of aliphatic imine (C=N–C) groups is 1. The molecule has 1 heterocycles. The molecule has 15 nitrogen and oxygen atoms in total. The fourth-order valence-electron chi connectivity index (χ4n) is 5.01. The van der Waals surface area contributed by atoms with Crippen molar-refractivity contribution in [2.24, 2.45) is 29.2 Å². The number of imidazole rings is 1. The van der Waals surface area contributed by atoms with Gasteiger partial charge in [-0.25, -0.2) is 24.9 Å². The Bertz CT molecular complexity index is 1560. The van der Waals surface area contributed by atoms with Gasteiger partial charge in [0.2, 0.25) is 5.91 Å². The number of rotatable bonds is 13. The molecule has 8 N–H and O–H groups in total. The summed E-state index contributed by atoms with van der Waals surface area (Å²) in [6, 6.07) is 9.08. The van der Waals surface area contributed by atoms with Gasteiger partial charge in [-0.1, -0.05) is 29.7 Å². The molecule has 4 rings (SSSR count). The summed E-state index contributed by atoms with van der Waals surface area (Å²) in [6.45, 7) is 2.28. The number of nitrogens with one attached hydrogen (secondary N) is 2. The molecule has 0 spiro atoms. The predicted molar refractivity (Wildman–Crippen MR) is 159 cm³/mol. The lowest BCUT2D eigenvalue weighted by Crippen LogP contribution is -2.47. The van der Waals surface area contributed by atoms with Crippen LogP contribution in [0, 0.1) is 17.0 Å². The van der Waals surface area contributed by atoms with Crippen molar-refractivity contribution in [1.82, 2.24) is 25.2 Å². The molecule has 0 aliphatic heterocycles. The van der Waals surface area contributed by atoms with E-state index in [0.717, 1.165) is 46.4 Å². The highest BCUT2D eigenvalue weighted by Crippen LogP contribution is 2.40. The molecule has 1 aromatic heterocycles. The maximum absolute atomic E-state index is 14.2. The van der Waals surface area contributed by atoms with Gasteiger partial charge in [0.1, 0.15) is 11.9 Å². The number of guanidine groups is 1. The smallest absolute Gasteiger partial charge is 0.312 e. The highest BCUT2D eigenvalue weighted by Gasteiger charge is 2.31. The van der Waals surface area contributed by atoms with Crippen molar-refractivity contribution in [3.05, 3.63) is 74.6 Å². The molecule has 1 atom stereocenters. The van der Waals surface area contributed by atoms with Gasteiger partial charge in [0.05, 0.1) is 11.0 Å². The third-order valence-corrected chi connectivity index (χ3v) is 7.33. The number of nitrogens with two attached hydrogens (primary N) is 3.